The second kappa shape index (κ2) is 6.52. The number of halogens is 1. The molecule has 2 rings (SSSR count). The fourth-order valence-electron chi connectivity index (χ4n) is 2.51. The van der Waals surface area contributed by atoms with Crippen LogP contribution in [0.1, 0.15) is 38.3 Å². The van der Waals surface area contributed by atoms with E-state index in [1.54, 1.807) is 13.2 Å². The molecule has 2 aromatic rings. The summed E-state index contributed by atoms with van der Waals surface area (Å²) in [5.74, 6) is 5.51. The van der Waals surface area contributed by atoms with Crippen LogP contribution in [0.3, 0.4) is 0 Å². The number of rotatable bonds is 6. The number of fused-ring (bicyclic) bond motifs is 1. The van der Waals surface area contributed by atoms with Crippen LogP contribution in [-0.4, -0.2) is 12.7 Å². The third-order valence-corrected chi connectivity index (χ3v) is 4.07. The van der Waals surface area contributed by atoms with Gasteiger partial charge in [-0.15, -0.1) is 0 Å². The molecule has 0 amide bonds. The minimum absolute atomic E-state index is 0.0371. The average Bonchev–Trinajstić information content (AvgIpc) is 2.50. The van der Waals surface area contributed by atoms with Crippen LogP contribution in [0.4, 0.5) is 4.39 Å². The predicted octanol–water partition coefficient (Wildman–Crippen LogP) is 3.69. The summed E-state index contributed by atoms with van der Waals surface area (Å²) in [4.78, 5) is 0. The molecule has 0 aromatic heterocycles. The summed E-state index contributed by atoms with van der Waals surface area (Å²) in [5.41, 5.74) is 3.66. The lowest BCUT2D eigenvalue weighted by atomic mass is 9.92. The van der Waals surface area contributed by atoms with Gasteiger partial charge in [0.2, 0.25) is 0 Å². The third kappa shape index (κ3) is 3.59. The molecule has 3 nitrogen and oxygen atoms in total. The van der Waals surface area contributed by atoms with Gasteiger partial charge in [0.1, 0.15) is 5.82 Å². The van der Waals surface area contributed by atoms with Gasteiger partial charge in [-0.05, 0) is 43.7 Å². The number of benzene rings is 2. The van der Waals surface area contributed by atoms with Crippen LogP contribution in [0.15, 0.2) is 36.4 Å². The number of hydrogen-bond acceptors (Lipinski definition) is 3. The Morgan fingerprint density at radius 1 is 1.19 bits per heavy atom. The Morgan fingerprint density at radius 2 is 1.86 bits per heavy atom. The Morgan fingerprint density at radius 3 is 2.48 bits per heavy atom. The maximum Gasteiger partial charge on any atom is 0.131 e. The molecule has 2 aromatic carbocycles. The zero-order valence-corrected chi connectivity index (χ0v) is 12.8. The fourth-order valence-corrected chi connectivity index (χ4v) is 2.51. The van der Waals surface area contributed by atoms with Crippen LogP contribution in [0.5, 0.6) is 0 Å². The molecule has 0 heterocycles. The van der Waals surface area contributed by atoms with E-state index in [0.29, 0.717) is 5.39 Å². The lowest BCUT2D eigenvalue weighted by Crippen LogP contribution is -2.31. The van der Waals surface area contributed by atoms with E-state index in [9.17, 15) is 4.39 Å². The van der Waals surface area contributed by atoms with Crippen molar-refractivity contribution in [2.45, 2.75) is 38.3 Å². The molecule has 1 atom stereocenters. The predicted molar refractivity (Wildman–Crippen MR) is 84.3 cm³/mol. The van der Waals surface area contributed by atoms with Crippen molar-refractivity contribution in [2.75, 3.05) is 7.11 Å². The van der Waals surface area contributed by atoms with Crippen LogP contribution in [-0.2, 0) is 4.74 Å². The van der Waals surface area contributed by atoms with Gasteiger partial charge in [-0.1, -0.05) is 30.3 Å². The molecule has 0 spiro atoms. The quantitative estimate of drug-likeness (QED) is 0.630. The Labute approximate surface area is 125 Å². The van der Waals surface area contributed by atoms with Crippen molar-refractivity contribution in [1.82, 2.24) is 5.43 Å². The number of nitrogens with one attached hydrogen (secondary N) is 1. The average molecular weight is 290 g/mol. The first kappa shape index (κ1) is 15.9. The number of nitrogens with two attached hydrogens (primary N) is 1. The molecule has 4 heteroatoms. The summed E-state index contributed by atoms with van der Waals surface area (Å²) in [6.07, 6.45) is 1.66. The Balaban J connectivity index is 2.33. The Hall–Kier alpha value is -1.49. The molecule has 0 aliphatic carbocycles. The molecular weight excluding hydrogens is 267 g/mol. The Bertz CT molecular complexity index is 613. The van der Waals surface area contributed by atoms with Crippen LogP contribution in [0, 0.1) is 5.82 Å². The van der Waals surface area contributed by atoms with Crippen molar-refractivity contribution in [3.63, 3.8) is 0 Å². The zero-order valence-electron chi connectivity index (χ0n) is 12.8. The first-order chi connectivity index (χ1) is 9.98. The molecule has 3 N–H and O–H groups in total. The van der Waals surface area contributed by atoms with Crippen molar-refractivity contribution in [1.29, 1.82) is 0 Å². The van der Waals surface area contributed by atoms with Gasteiger partial charge in [0.25, 0.3) is 0 Å². The van der Waals surface area contributed by atoms with Crippen molar-refractivity contribution >= 4 is 10.8 Å². The summed E-state index contributed by atoms with van der Waals surface area (Å²) in [7, 11) is 1.71. The van der Waals surface area contributed by atoms with E-state index in [1.807, 2.05) is 38.1 Å². The van der Waals surface area contributed by atoms with E-state index < -0.39 is 0 Å². The second-order valence-electron chi connectivity index (χ2n) is 5.90. The van der Waals surface area contributed by atoms with Crippen LogP contribution < -0.4 is 11.3 Å². The molecular formula is C17H23FN2O. The van der Waals surface area contributed by atoms with Gasteiger partial charge in [0.15, 0.2) is 0 Å². The highest BCUT2D eigenvalue weighted by Crippen LogP contribution is 2.30. The molecule has 0 aliphatic heterocycles. The lowest BCUT2D eigenvalue weighted by Gasteiger charge is -2.26. The van der Waals surface area contributed by atoms with Crippen molar-refractivity contribution in [3.8, 4) is 0 Å². The standard InChI is InChI=1S/C17H23FN2O/c1-17(2,21-3)11-10-16(20-19)14-8-9-15(18)13-7-5-4-6-12(13)14/h4-9,16,20H,10-11,19H2,1-3H3. The van der Waals surface area contributed by atoms with E-state index >= 15 is 0 Å². The van der Waals surface area contributed by atoms with Crippen molar-refractivity contribution < 1.29 is 9.13 Å². The smallest absolute Gasteiger partial charge is 0.131 e. The second-order valence-corrected chi connectivity index (χ2v) is 5.90. The maximum absolute atomic E-state index is 13.9. The summed E-state index contributed by atoms with van der Waals surface area (Å²) in [6, 6.07) is 10.8. The van der Waals surface area contributed by atoms with Gasteiger partial charge in [0, 0.05) is 18.5 Å². The third-order valence-electron chi connectivity index (χ3n) is 4.07. The molecule has 0 saturated heterocycles. The summed E-state index contributed by atoms with van der Waals surface area (Å²) in [5, 5.41) is 1.52. The first-order valence-corrected chi connectivity index (χ1v) is 7.17. The Kier molecular flexibility index (Phi) is 4.93. The summed E-state index contributed by atoms with van der Waals surface area (Å²) in [6.45, 7) is 4.09. The van der Waals surface area contributed by atoms with Crippen molar-refractivity contribution in [2.24, 2.45) is 5.84 Å². The van der Waals surface area contributed by atoms with E-state index in [4.69, 9.17) is 10.6 Å². The fraction of sp³-hybridized carbons (Fsp3) is 0.412. The largest absolute Gasteiger partial charge is 0.379 e. The summed E-state index contributed by atoms with van der Waals surface area (Å²) < 4.78 is 19.3. The zero-order chi connectivity index (χ0) is 15.5. The molecule has 1 unspecified atom stereocenters. The van der Waals surface area contributed by atoms with E-state index in [2.05, 4.69) is 5.43 Å². The summed E-state index contributed by atoms with van der Waals surface area (Å²) >= 11 is 0. The number of hydrazine groups is 1. The van der Waals surface area contributed by atoms with E-state index in [1.165, 1.54) is 6.07 Å². The number of hydrogen-bond donors (Lipinski definition) is 2. The molecule has 0 fully saturated rings. The SMILES string of the molecule is COC(C)(C)CCC(NN)c1ccc(F)c2ccccc12. The van der Waals surface area contributed by atoms with E-state index in [0.717, 1.165) is 23.8 Å². The lowest BCUT2D eigenvalue weighted by molar-refractivity contribution is 0.0117. The van der Waals surface area contributed by atoms with Gasteiger partial charge < -0.3 is 4.74 Å². The highest BCUT2D eigenvalue weighted by molar-refractivity contribution is 5.86. The molecule has 0 bridgehead atoms. The molecule has 0 saturated carbocycles. The normalized spacial score (nSPS) is 13.6. The van der Waals surface area contributed by atoms with Crippen LogP contribution in [0.25, 0.3) is 10.8 Å². The van der Waals surface area contributed by atoms with Crippen molar-refractivity contribution in [3.05, 3.63) is 47.8 Å². The first-order valence-electron chi connectivity index (χ1n) is 7.17. The van der Waals surface area contributed by atoms with Gasteiger partial charge in [0.05, 0.1) is 5.60 Å². The highest BCUT2D eigenvalue weighted by Gasteiger charge is 2.21. The van der Waals surface area contributed by atoms with Gasteiger partial charge in [-0.2, -0.15) is 0 Å². The highest BCUT2D eigenvalue weighted by atomic mass is 19.1. The molecule has 21 heavy (non-hydrogen) atoms. The minimum Gasteiger partial charge on any atom is -0.379 e. The van der Waals surface area contributed by atoms with Gasteiger partial charge in [-0.3, -0.25) is 11.3 Å². The molecule has 0 aliphatic rings. The van der Waals surface area contributed by atoms with Gasteiger partial charge in [-0.25, -0.2) is 4.39 Å². The molecule has 0 radical (unpaired) electrons. The number of methoxy groups -OCH3 is 1. The number of ether oxygens (including phenoxy) is 1. The van der Waals surface area contributed by atoms with Crippen LogP contribution >= 0.6 is 0 Å². The van der Waals surface area contributed by atoms with E-state index in [-0.39, 0.29) is 17.5 Å². The minimum atomic E-state index is -0.206. The monoisotopic (exact) mass is 290 g/mol. The van der Waals surface area contributed by atoms with Crippen LogP contribution in [0.2, 0.25) is 0 Å². The molecule has 114 valence electrons. The maximum atomic E-state index is 13.9. The van der Waals surface area contributed by atoms with Gasteiger partial charge >= 0.3 is 0 Å². The topological polar surface area (TPSA) is 47.3 Å².